The van der Waals surface area contributed by atoms with E-state index in [1.165, 1.54) is 16.7 Å². The normalized spacial score (nSPS) is 18.1. The molecule has 2 aromatic carbocycles. The van der Waals surface area contributed by atoms with Gasteiger partial charge in [0, 0.05) is 10.9 Å². The average Bonchev–Trinajstić information content (AvgIpc) is 2.85. The van der Waals surface area contributed by atoms with Crippen LogP contribution in [-0.2, 0) is 6.42 Å². The Morgan fingerprint density at radius 1 is 1.29 bits per heavy atom. The van der Waals surface area contributed by atoms with Crippen LogP contribution in [0.2, 0.25) is 0 Å². The molecule has 2 unspecified atom stereocenters. The van der Waals surface area contributed by atoms with E-state index >= 15 is 0 Å². The lowest BCUT2D eigenvalue weighted by atomic mass is 9.96. The molecule has 1 heterocycles. The molecule has 110 valence electrons. The second-order valence-corrected chi connectivity index (χ2v) is 6.37. The van der Waals surface area contributed by atoms with E-state index in [1.54, 1.807) is 0 Å². The molecular weight excluding hydrogens is 326 g/mol. The molecule has 3 rings (SSSR count). The van der Waals surface area contributed by atoms with Crippen molar-refractivity contribution in [2.75, 3.05) is 6.54 Å². The second kappa shape index (κ2) is 6.20. The number of hydrogen-bond acceptors (Lipinski definition) is 2. The summed E-state index contributed by atoms with van der Waals surface area (Å²) in [6.45, 7) is 5.19. The molecule has 0 saturated carbocycles. The standard InChI is InChI=1S/C18H20BrNO/c1-3-20-18(15-6-4-5-7-16(15)19)13-8-9-17-14(11-13)10-12(2)21-17/h4-9,11-12,18,20H,3,10H2,1-2H3. The van der Waals surface area contributed by atoms with Gasteiger partial charge in [-0.2, -0.15) is 0 Å². The van der Waals surface area contributed by atoms with Crippen LogP contribution in [-0.4, -0.2) is 12.6 Å². The molecule has 0 aromatic heterocycles. The summed E-state index contributed by atoms with van der Waals surface area (Å²) < 4.78 is 6.94. The maximum absolute atomic E-state index is 5.80. The molecule has 3 heteroatoms. The third-order valence-electron chi connectivity index (χ3n) is 3.88. The van der Waals surface area contributed by atoms with E-state index in [1.807, 2.05) is 0 Å². The lowest BCUT2D eigenvalue weighted by molar-refractivity contribution is 0.254. The van der Waals surface area contributed by atoms with Crippen molar-refractivity contribution in [2.45, 2.75) is 32.4 Å². The van der Waals surface area contributed by atoms with Crippen LogP contribution in [0.15, 0.2) is 46.9 Å². The van der Waals surface area contributed by atoms with Crippen LogP contribution in [0.1, 0.15) is 36.6 Å². The number of hydrogen-bond donors (Lipinski definition) is 1. The molecule has 1 aliphatic rings. The minimum atomic E-state index is 0.201. The summed E-state index contributed by atoms with van der Waals surface area (Å²) in [7, 11) is 0. The quantitative estimate of drug-likeness (QED) is 0.882. The summed E-state index contributed by atoms with van der Waals surface area (Å²) in [5.74, 6) is 1.04. The monoisotopic (exact) mass is 345 g/mol. The molecule has 1 aliphatic heterocycles. The molecule has 1 N–H and O–H groups in total. The Morgan fingerprint density at radius 2 is 2.10 bits per heavy atom. The number of rotatable bonds is 4. The Hall–Kier alpha value is -1.32. The summed E-state index contributed by atoms with van der Waals surface area (Å²) in [5, 5.41) is 3.59. The van der Waals surface area contributed by atoms with Crippen LogP contribution in [0.3, 0.4) is 0 Å². The predicted molar refractivity (Wildman–Crippen MR) is 89.9 cm³/mol. The fourth-order valence-corrected chi connectivity index (χ4v) is 3.46. The molecular formula is C18H20BrNO. The number of benzene rings is 2. The van der Waals surface area contributed by atoms with E-state index in [0.29, 0.717) is 0 Å². The number of ether oxygens (including phenoxy) is 1. The number of fused-ring (bicyclic) bond motifs is 1. The Bertz CT molecular complexity index is 641. The van der Waals surface area contributed by atoms with Crippen molar-refractivity contribution in [2.24, 2.45) is 0 Å². The van der Waals surface area contributed by atoms with Gasteiger partial charge in [-0.05, 0) is 42.3 Å². The van der Waals surface area contributed by atoms with Crippen molar-refractivity contribution in [3.63, 3.8) is 0 Å². The van der Waals surface area contributed by atoms with Crippen LogP contribution in [0, 0.1) is 0 Å². The molecule has 0 amide bonds. The van der Waals surface area contributed by atoms with Gasteiger partial charge in [0.1, 0.15) is 11.9 Å². The van der Waals surface area contributed by atoms with Gasteiger partial charge < -0.3 is 10.1 Å². The van der Waals surface area contributed by atoms with Gasteiger partial charge in [-0.3, -0.25) is 0 Å². The number of halogens is 1. The Kier molecular flexibility index (Phi) is 4.32. The van der Waals surface area contributed by atoms with Gasteiger partial charge in [0.2, 0.25) is 0 Å². The van der Waals surface area contributed by atoms with E-state index in [0.717, 1.165) is 23.2 Å². The zero-order valence-electron chi connectivity index (χ0n) is 12.4. The first-order chi connectivity index (χ1) is 10.2. The van der Waals surface area contributed by atoms with Gasteiger partial charge in [0.05, 0.1) is 6.04 Å². The second-order valence-electron chi connectivity index (χ2n) is 5.51. The van der Waals surface area contributed by atoms with Crippen molar-refractivity contribution >= 4 is 15.9 Å². The Labute approximate surface area is 134 Å². The lowest BCUT2D eigenvalue weighted by Gasteiger charge is -2.21. The fourth-order valence-electron chi connectivity index (χ4n) is 2.94. The van der Waals surface area contributed by atoms with E-state index in [9.17, 15) is 0 Å². The Morgan fingerprint density at radius 3 is 2.86 bits per heavy atom. The van der Waals surface area contributed by atoms with Gasteiger partial charge in [0.15, 0.2) is 0 Å². The molecule has 2 aromatic rings. The molecule has 2 nitrogen and oxygen atoms in total. The molecule has 0 aliphatic carbocycles. The molecule has 0 bridgehead atoms. The average molecular weight is 346 g/mol. The highest BCUT2D eigenvalue weighted by Crippen LogP contribution is 2.34. The first-order valence-corrected chi connectivity index (χ1v) is 8.25. The van der Waals surface area contributed by atoms with Gasteiger partial charge >= 0.3 is 0 Å². The van der Waals surface area contributed by atoms with Crippen molar-refractivity contribution in [3.05, 3.63) is 63.6 Å². The van der Waals surface area contributed by atoms with Gasteiger partial charge in [-0.15, -0.1) is 0 Å². The van der Waals surface area contributed by atoms with Crippen LogP contribution in [0.25, 0.3) is 0 Å². The highest BCUT2D eigenvalue weighted by atomic mass is 79.9. The highest BCUT2D eigenvalue weighted by Gasteiger charge is 2.22. The van der Waals surface area contributed by atoms with E-state index in [4.69, 9.17) is 4.74 Å². The summed E-state index contributed by atoms with van der Waals surface area (Å²) in [6, 6.07) is 15.2. The summed E-state index contributed by atoms with van der Waals surface area (Å²) >= 11 is 3.67. The van der Waals surface area contributed by atoms with E-state index in [2.05, 4.69) is 77.6 Å². The van der Waals surface area contributed by atoms with E-state index in [-0.39, 0.29) is 12.1 Å². The van der Waals surface area contributed by atoms with Gasteiger partial charge in [-0.25, -0.2) is 0 Å². The van der Waals surface area contributed by atoms with Crippen LogP contribution in [0.4, 0.5) is 0 Å². The van der Waals surface area contributed by atoms with Crippen LogP contribution in [0.5, 0.6) is 5.75 Å². The third kappa shape index (κ3) is 2.99. The zero-order valence-corrected chi connectivity index (χ0v) is 14.0. The predicted octanol–water partition coefficient (Wildman–Crippen LogP) is 4.47. The van der Waals surface area contributed by atoms with Crippen molar-refractivity contribution in [1.82, 2.24) is 5.32 Å². The molecule has 0 radical (unpaired) electrons. The van der Waals surface area contributed by atoms with Crippen molar-refractivity contribution in [3.8, 4) is 5.75 Å². The minimum Gasteiger partial charge on any atom is -0.490 e. The molecule has 0 spiro atoms. The number of nitrogens with one attached hydrogen (secondary N) is 1. The van der Waals surface area contributed by atoms with E-state index < -0.39 is 0 Å². The molecule has 0 saturated heterocycles. The minimum absolute atomic E-state index is 0.201. The smallest absolute Gasteiger partial charge is 0.123 e. The Balaban J connectivity index is 1.99. The lowest BCUT2D eigenvalue weighted by Crippen LogP contribution is -2.22. The summed E-state index contributed by atoms with van der Waals surface area (Å²) in [6.07, 6.45) is 1.29. The van der Waals surface area contributed by atoms with Crippen LogP contribution < -0.4 is 10.1 Å². The highest BCUT2D eigenvalue weighted by molar-refractivity contribution is 9.10. The summed E-state index contributed by atoms with van der Waals surface area (Å²) in [5.41, 5.74) is 3.88. The fraction of sp³-hybridized carbons (Fsp3) is 0.333. The first kappa shape index (κ1) is 14.6. The molecule has 21 heavy (non-hydrogen) atoms. The molecule has 0 fully saturated rings. The van der Waals surface area contributed by atoms with Crippen LogP contribution >= 0.6 is 15.9 Å². The maximum Gasteiger partial charge on any atom is 0.123 e. The zero-order chi connectivity index (χ0) is 14.8. The first-order valence-electron chi connectivity index (χ1n) is 7.46. The largest absolute Gasteiger partial charge is 0.490 e. The van der Waals surface area contributed by atoms with Gasteiger partial charge in [0.25, 0.3) is 0 Å². The topological polar surface area (TPSA) is 21.3 Å². The van der Waals surface area contributed by atoms with Crippen molar-refractivity contribution < 1.29 is 4.74 Å². The summed E-state index contributed by atoms with van der Waals surface area (Å²) in [4.78, 5) is 0. The third-order valence-corrected chi connectivity index (χ3v) is 4.60. The maximum atomic E-state index is 5.80. The van der Waals surface area contributed by atoms with Crippen molar-refractivity contribution in [1.29, 1.82) is 0 Å². The molecule has 2 atom stereocenters. The van der Waals surface area contributed by atoms with Gasteiger partial charge in [-0.1, -0.05) is 53.2 Å². The SMILES string of the molecule is CCNC(c1ccc2c(c1)CC(C)O2)c1ccccc1Br.